The molecule has 3 rings (SSSR count). The van der Waals surface area contributed by atoms with E-state index in [9.17, 15) is 4.79 Å². The number of hydrogen-bond acceptors (Lipinski definition) is 4. The van der Waals surface area contributed by atoms with Crippen LogP contribution < -0.4 is 15.4 Å². The van der Waals surface area contributed by atoms with Crippen LogP contribution in [0.15, 0.2) is 42.5 Å². The zero-order chi connectivity index (χ0) is 18.0. The Labute approximate surface area is 159 Å². The van der Waals surface area contributed by atoms with Crippen molar-refractivity contribution < 1.29 is 9.53 Å². The van der Waals surface area contributed by atoms with E-state index in [0.29, 0.717) is 15.6 Å². The third kappa shape index (κ3) is 3.92. The standard InChI is InChI=1S/C18H15ClN2O2S2/c1-10-4-3-5-11(8-10)20-18(24)21-17(22)16-15(19)13-7-6-12(23-2)9-14(13)25-16/h3-9H,1-2H3,(H2,20,21,22,24). The molecular formula is C18H15ClN2O2S2. The molecule has 0 fully saturated rings. The second-order valence-electron chi connectivity index (χ2n) is 5.38. The lowest BCUT2D eigenvalue weighted by Gasteiger charge is -2.09. The Balaban J connectivity index is 1.77. The maximum atomic E-state index is 12.5. The van der Waals surface area contributed by atoms with E-state index >= 15 is 0 Å². The zero-order valence-corrected chi connectivity index (χ0v) is 15.9. The first-order chi connectivity index (χ1) is 12.0. The van der Waals surface area contributed by atoms with Crippen molar-refractivity contribution in [2.75, 3.05) is 12.4 Å². The molecule has 0 saturated heterocycles. The molecule has 1 heterocycles. The van der Waals surface area contributed by atoms with Crippen molar-refractivity contribution in [3.8, 4) is 5.75 Å². The number of thiocarbonyl (C=S) groups is 1. The molecule has 0 unspecified atom stereocenters. The van der Waals surface area contributed by atoms with Gasteiger partial charge in [-0.25, -0.2) is 0 Å². The number of aryl methyl sites for hydroxylation is 1. The van der Waals surface area contributed by atoms with Crippen molar-refractivity contribution in [3.05, 3.63) is 57.9 Å². The number of anilines is 1. The minimum absolute atomic E-state index is 0.224. The highest BCUT2D eigenvalue weighted by atomic mass is 35.5. The van der Waals surface area contributed by atoms with E-state index in [0.717, 1.165) is 21.3 Å². The van der Waals surface area contributed by atoms with Crippen LogP contribution >= 0.6 is 35.2 Å². The molecule has 4 nitrogen and oxygen atoms in total. The first-order valence-corrected chi connectivity index (χ1v) is 9.03. The second kappa shape index (κ2) is 7.39. The largest absolute Gasteiger partial charge is 0.497 e. The highest BCUT2D eigenvalue weighted by molar-refractivity contribution is 7.80. The summed E-state index contributed by atoms with van der Waals surface area (Å²) >= 11 is 12.9. The van der Waals surface area contributed by atoms with E-state index in [1.54, 1.807) is 7.11 Å². The Morgan fingerprint density at radius 1 is 1.24 bits per heavy atom. The third-order valence-corrected chi connectivity index (χ3v) is 5.41. The van der Waals surface area contributed by atoms with Gasteiger partial charge in [0.2, 0.25) is 0 Å². The van der Waals surface area contributed by atoms with Gasteiger partial charge in [-0.05, 0) is 55.0 Å². The average molecular weight is 391 g/mol. The van der Waals surface area contributed by atoms with E-state index < -0.39 is 0 Å². The van der Waals surface area contributed by atoms with Crippen LogP contribution in [0.2, 0.25) is 5.02 Å². The Bertz CT molecular complexity index is 969. The molecule has 0 aliphatic heterocycles. The zero-order valence-electron chi connectivity index (χ0n) is 13.6. The number of hydrogen-bond donors (Lipinski definition) is 2. The van der Waals surface area contributed by atoms with Gasteiger partial charge in [-0.2, -0.15) is 0 Å². The Kier molecular flexibility index (Phi) is 5.22. The number of methoxy groups -OCH3 is 1. The summed E-state index contributed by atoms with van der Waals surface area (Å²) in [7, 11) is 1.60. The van der Waals surface area contributed by atoms with Crippen molar-refractivity contribution >= 4 is 61.9 Å². The summed E-state index contributed by atoms with van der Waals surface area (Å²) in [5, 5.41) is 7.12. The van der Waals surface area contributed by atoms with Gasteiger partial charge in [0.1, 0.15) is 10.6 Å². The van der Waals surface area contributed by atoms with Crippen molar-refractivity contribution in [2.24, 2.45) is 0 Å². The summed E-state index contributed by atoms with van der Waals surface area (Å²) < 4.78 is 6.09. The first kappa shape index (κ1) is 17.7. The molecule has 0 saturated carbocycles. The van der Waals surface area contributed by atoms with E-state index in [-0.39, 0.29) is 11.0 Å². The molecule has 0 spiro atoms. The second-order valence-corrected chi connectivity index (χ2v) is 7.22. The minimum Gasteiger partial charge on any atom is -0.497 e. The van der Waals surface area contributed by atoms with Crippen molar-refractivity contribution in [1.82, 2.24) is 5.32 Å². The number of carbonyl (C=O) groups is 1. The van der Waals surface area contributed by atoms with Crippen LogP contribution in [-0.4, -0.2) is 18.1 Å². The van der Waals surface area contributed by atoms with E-state index in [1.165, 1.54) is 11.3 Å². The normalized spacial score (nSPS) is 10.5. The number of amides is 1. The van der Waals surface area contributed by atoms with Crippen LogP contribution in [0.4, 0.5) is 5.69 Å². The number of thiophene rings is 1. The van der Waals surface area contributed by atoms with E-state index in [4.69, 9.17) is 28.6 Å². The summed E-state index contributed by atoms with van der Waals surface area (Å²) in [6, 6.07) is 13.2. The number of carbonyl (C=O) groups excluding carboxylic acids is 1. The van der Waals surface area contributed by atoms with Gasteiger partial charge < -0.3 is 10.1 Å². The molecule has 1 aromatic heterocycles. The number of benzene rings is 2. The molecule has 0 radical (unpaired) electrons. The molecule has 128 valence electrons. The summed E-state index contributed by atoms with van der Waals surface area (Å²) in [5.74, 6) is 0.379. The Morgan fingerprint density at radius 3 is 2.76 bits per heavy atom. The number of nitrogens with one attached hydrogen (secondary N) is 2. The molecule has 0 atom stereocenters. The van der Waals surface area contributed by atoms with Crippen LogP contribution in [-0.2, 0) is 0 Å². The van der Waals surface area contributed by atoms with Crippen LogP contribution in [0.1, 0.15) is 15.2 Å². The third-order valence-electron chi connectivity index (χ3n) is 3.55. The topological polar surface area (TPSA) is 50.4 Å². The van der Waals surface area contributed by atoms with Gasteiger partial charge in [0.05, 0.1) is 12.1 Å². The molecule has 25 heavy (non-hydrogen) atoms. The van der Waals surface area contributed by atoms with Gasteiger partial charge in [-0.1, -0.05) is 23.7 Å². The van der Waals surface area contributed by atoms with Gasteiger partial charge >= 0.3 is 0 Å². The molecule has 1 amide bonds. The van der Waals surface area contributed by atoms with Crippen LogP contribution in [0.25, 0.3) is 10.1 Å². The molecule has 3 aromatic rings. The van der Waals surface area contributed by atoms with E-state index in [2.05, 4.69) is 10.6 Å². The quantitative estimate of drug-likeness (QED) is 0.618. The lowest BCUT2D eigenvalue weighted by atomic mass is 10.2. The number of rotatable bonds is 3. The maximum absolute atomic E-state index is 12.5. The van der Waals surface area contributed by atoms with Crippen LogP contribution in [0, 0.1) is 6.92 Å². The molecule has 0 bridgehead atoms. The molecule has 2 N–H and O–H groups in total. The monoisotopic (exact) mass is 390 g/mol. The lowest BCUT2D eigenvalue weighted by molar-refractivity contribution is 0.0982. The molecule has 0 aliphatic carbocycles. The number of halogens is 1. The number of ether oxygens (including phenoxy) is 1. The fourth-order valence-corrected chi connectivity index (χ4v) is 4.01. The summed E-state index contributed by atoms with van der Waals surface area (Å²) in [6.45, 7) is 1.98. The fourth-order valence-electron chi connectivity index (χ4n) is 2.36. The fraction of sp³-hybridized carbons (Fsp3) is 0.111. The van der Waals surface area contributed by atoms with Crippen LogP contribution in [0.3, 0.4) is 0 Å². The predicted molar refractivity (Wildman–Crippen MR) is 108 cm³/mol. The Hall–Kier alpha value is -2.15. The van der Waals surface area contributed by atoms with Gasteiger partial charge in [0, 0.05) is 15.8 Å². The molecule has 2 aromatic carbocycles. The highest BCUT2D eigenvalue weighted by Gasteiger charge is 2.18. The van der Waals surface area contributed by atoms with Crippen molar-refractivity contribution in [3.63, 3.8) is 0 Å². The average Bonchev–Trinajstić information content (AvgIpc) is 2.91. The first-order valence-electron chi connectivity index (χ1n) is 7.43. The SMILES string of the molecule is COc1ccc2c(Cl)c(C(=O)NC(=S)Nc3cccc(C)c3)sc2c1. The Morgan fingerprint density at radius 2 is 2.04 bits per heavy atom. The highest BCUT2D eigenvalue weighted by Crippen LogP contribution is 2.37. The van der Waals surface area contributed by atoms with Gasteiger partial charge in [0.15, 0.2) is 5.11 Å². The van der Waals surface area contributed by atoms with Gasteiger partial charge in [-0.3, -0.25) is 10.1 Å². The molecular weight excluding hydrogens is 376 g/mol. The summed E-state index contributed by atoms with van der Waals surface area (Å²) in [5.41, 5.74) is 1.91. The smallest absolute Gasteiger partial charge is 0.269 e. The predicted octanol–water partition coefficient (Wildman–Crippen LogP) is 5.00. The number of fused-ring (bicyclic) bond motifs is 1. The summed E-state index contributed by atoms with van der Waals surface area (Å²) in [6.07, 6.45) is 0. The van der Waals surface area contributed by atoms with Crippen LogP contribution in [0.5, 0.6) is 5.75 Å². The lowest BCUT2D eigenvalue weighted by Crippen LogP contribution is -2.33. The van der Waals surface area contributed by atoms with E-state index in [1.807, 2.05) is 49.4 Å². The summed E-state index contributed by atoms with van der Waals surface area (Å²) in [4.78, 5) is 12.9. The van der Waals surface area contributed by atoms with Gasteiger partial charge in [0.25, 0.3) is 5.91 Å². The van der Waals surface area contributed by atoms with Gasteiger partial charge in [-0.15, -0.1) is 11.3 Å². The minimum atomic E-state index is -0.338. The van der Waals surface area contributed by atoms with Crippen molar-refractivity contribution in [2.45, 2.75) is 6.92 Å². The molecule has 7 heteroatoms. The molecule has 0 aliphatic rings. The van der Waals surface area contributed by atoms with Crippen molar-refractivity contribution in [1.29, 1.82) is 0 Å². The maximum Gasteiger partial charge on any atom is 0.269 e.